The summed E-state index contributed by atoms with van der Waals surface area (Å²) in [5.41, 5.74) is 2.77. The molecule has 240 valence electrons. The lowest BCUT2D eigenvalue weighted by Crippen LogP contribution is -2.43. The van der Waals surface area contributed by atoms with Crippen molar-refractivity contribution in [2.75, 3.05) is 26.6 Å². The number of hydrogen-bond donors (Lipinski definition) is 1. The van der Waals surface area contributed by atoms with Crippen molar-refractivity contribution in [2.45, 2.75) is 63.7 Å². The number of ether oxygens (including phenoxy) is 3. The maximum absolute atomic E-state index is 13.1. The van der Waals surface area contributed by atoms with Crippen LogP contribution < -0.4 is 14.8 Å². The SMILES string of the molecule is COc1ccc(CCC(SCc2ccc(OC)cc2)C(CCS(=O)(=O)OCC(C)(C)C)NC(=O)OCc2ccccc2)cc1. The number of thioether (sulfide) groups is 1. The molecule has 10 heteroatoms. The van der Waals surface area contributed by atoms with Gasteiger partial charge in [-0.2, -0.15) is 20.2 Å². The summed E-state index contributed by atoms with van der Waals surface area (Å²) >= 11 is 1.68. The van der Waals surface area contributed by atoms with Crippen molar-refractivity contribution in [3.8, 4) is 11.5 Å². The van der Waals surface area contributed by atoms with E-state index in [4.69, 9.17) is 18.4 Å². The zero-order valence-corrected chi connectivity index (χ0v) is 27.9. The maximum atomic E-state index is 13.1. The van der Waals surface area contributed by atoms with Crippen LogP contribution in [0.1, 0.15) is 50.3 Å². The van der Waals surface area contributed by atoms with Crippen LogP contribution in [-0.4, -0.2) is 52.4 Å². The zero-order valence-electron chi connectivity index (χ0n) is 26.3. The Kier molecular flexibility index (Phi) is 13.9. The van der Waals surface area contributed by atoms with E-state index in [1.807, 2.05) is 99.6 Å². The number of benzene rings is 3. The Labute approximate surface area is 267 Å². The summed E-state index contributed by atoms with van der Waals surface area (Å²) in [5.74, 6) is 1.99. The first kappa shape index (κ1) is 35.3. The average Bonchev–Trinajstić information content (AvgIpc) is 3.02. The largest absolute Gasteiger partial charge is 0.497 e. The number of methoxy groups -OCH3 is 2. The lowest BCUT2D eigenvalue weighted by atomic mass is 9.99. The molecule has 44 heavy (non-hydrogen) atoms. The minimum atomic E-state index is -3.81. The molecule has 0 spiro atoms. The number of amides is 1. The summed E-state index contributed by atoms with van der Waals surface area (Å²) in [7, 11) is -0.551. The lowest BCUT2D eigenvalue weighted by molar-refractivity contribution is 0.135. The highest BCUT2D eigenvalue weighted by Crippen LogP contribution is 2.28. The molecule has 1 amide bonds. The topological polar surface area (TPSA) is 100 Å². The van der Waals surface area contributed by atoms with Gasteiger partial charge in [0, 0.05) is 17.0 Å². The molecule has 0 aliphatic carbocycles. The van der Waals surface area contributed by atoms with Crippen LogP contribution in [0.5, 0.6) is 11.5 Å². The van der Waals surface area contributed by atoms with Gasteiger partial charge in [-0.25, -0.2) is 4.79 Å². The van der Waals surface area contributed by atoms with E-state index in [9.17, 15) is 13.2 Å². The Balaban J connectivity index is 1.80. The van der Waals surface area contributed by atoms with Crippen molar-refractivity contribution in [3.63, 3.8) is 0 Å². The molecule has 1 N–H and O–H groups in total. The van der Waals surface area contributed by atoms with Crippen LogP contribution in [0.2, 0.25) is 0 Å². The zero-order chi connectivity index (χ0) is 32.0. The highest BCUT2D eigenvalue weighted by Gasteiger charge is 2.28. The van der Waals surface area contributed by atoms with Gasteiger partial charge in [-0.15, -0.1) is 0 Å². The third-order valence-corrected chi connectivity index (χ3v) is 9.52. The van der Waals surface area contributed by atoms with E-state index in [-0.39, 0.29) is 36.1 Å². The Hall–Kier alpha value is -3.21. The molecule has 3 rings (SSSR count). The molecule has 0 saturated carbocycles. The van der Waals surface area contributed by atoms with Gasteiger partial charge in [0.2, 0.25) is 0 Å². The molecule has 8 nitrogen and oxygen atoms in total. The minimum Gasteiger partial charge on any atom is -0.497 e. The van der Waals surface area contributed by atoms with Gasteiger partial charge in [0.05, 0.1) is 26.6 Å². The van der Waals surface area contributed by atoms with Gasteiger partial charge in [-0.3, -0.25) is 4.18 Å². The maximum Gasteiger partial charge on any atom is 0.407 e. The van der Waals surface area contributed by atoms with Crippen LogP contribution in [0.4, 0.5) is 4.79 Å². The highest BCUT2D eigenvalue weighted by atomic mass is 32.2. The predicted octanol–water partition coefficient (Wildman–Crippen LogP) is 7.02. The van der Waals surface area contributed by atoms with Gasteiger partial charge in [0.15, 0.2) is 0 Å². The first-order valence-electron chi connectivity index (χ1n) is 14.7. The molecule has 2 unspecified atom stereocenters. The van der Waals surface area contributed by atoms with Crippen molar-refractivity contribution in [3.05, 3.63) is 95.6 Å². The fourth-order valence-corrected chi connectivity index (χ4v) is 6.80. The summed E-state index contributed by atoms with van der Waals surface area (Å²) in [4.78, 5) is 13.1. The van der Waals surface area contributed by atoms with Crippen LogP contribution in [-0.2, 0) is 37.8 Å². The number of carbonyl (C=O) groups excluding carboxylic acids is 1. The fourth-order valence-electron chi connectivity index (χ4n) is 4.29. The first-order valence-corrected chi connectivity index (χ1v) is 17.3. The van der Waals surface area contributed by atoms with Crippen molar-refractivity contribution in [1.29, 1.82) is 0 Å². The first-order chi connectivity index (χ1) is 21.0. The predicted molar refractivity (Wildman–Crippen MR) is 177 cm³/mol. The van der Waals surface area contributed by atoms with Crippen LogP contribution in [0.15, 0.2) is 78.9 Å². The molecule has 0 aliphatic rings. The van der Waals surface area contributed by atoms with E-state index in [1.54, 1.807) is 26.0 Å². The van der Waals surface area contributed by atoms with Crippen molar-refractivity contribution < 1.29 is 31.6 Å². The molecular formula is C34H45NO7S2. The van der Waals surface area contributed by atoms with Gasteiger partial charge in [-0.05, 0) is 65.6 Å². The molecular weight excluding hydrogens is 599 g/mol. The number of rotatable bonds is 17. The Morgan fingerprint density at radius 2 is 1.41 bits per heavy atom. The molecule has 0 aromatic heterocycles. The third kappa shape index (κ3) is 13.2. The van der Waals surface area contributed by atoms with Crippen LogP contribution in [0, 0.1) is 5.41 Å². The second kappa shape index (κ2) is 17.3. The Morgan fingerprint density at radius 1 is 0.818 bits per heavy atom. The molecule has 0 aliphatic heterocycles. The van der Waals surface area contributed by atoms with Crippen molar-refractivity contribution in [1.82, 2.24) is 5.32 Å². The second-order valence-electron chi connectivity index (χ2n) is 11.8. The summed E-state index contributed by atoms with van der Waals surface area (Å²) in [6, 6.07) is 24.7. The fraction of sp³-hybridized carbons (Fsp3) is 0.441. The van der Waals surface area contributed by atoms with Gasteiger partial charge < -0.3 is 19.5 Å². The molecule has 0 bridgehead atoms. The van der Waals surface area contributed by atoms with E-state index in [1.165, 1.54) is 0 Å². The van der Waals surface area contributed by atoms with Crippen molar-refractivity contribution >= 4 is 28.0 Å². The van der Waals surface area contributed by atoms with E-state index >= 15 is 0 Å². The standard InChI is InChI=1S/C34H45NO7S2/c1-34(2,3)25-42-44(37,38)22-21-31(35-33(36)41-23-27-9-7-6-8-10-27)32(20-15-26-11-16-29(39-4)17-12-26)43-24-28-13-18-30(40-5)19-14-28/h6-14,16-19,31-32H,15,20-25H2,1-5H3,(H,35,36). The van der Waals surface area contributed by atoms with E-state index in [0.717, 1.165) is 34.6 Å². The van der Waals surface area contributed by atoms with E-state index in [2.05, 4.69) is 5.32 Å². The van der Waals surface area contributed by atoms with Gasteiger partial charge in [0.25, 0.3) is 10.1 Å². The number of nitrogens with one attached hydrogen (secondary N) is 1. The number of aryl methyl sites for hydroxylation is 1. The average molecular weight is 644 g/mol. The van der Waals surface area contributed by atoms with Crippen LogP contribution >= 0.6 is 11.8 Å². The molecule has 0 heterocycles. The quantitative estimate of drug-likeness (QED) is 0.157. The Bertz CT molecular complexity index is 1320. The minimum absolute atomic E-state index is 0.0830. The smallest absolute Gasteiger partial charge is 0.407 e. The monoisotopic (exact) mass is 643 g/mol. The number of hydrogen-bond acceptors (Lipinski definition) is 8. The summed E-state index contributed by atoms with van der Waals surface area (Å²) in [6.07, 6.45) is 1.01. The molecule has 0 saturated heterocycles. The molecule has 0 fully saturated rings. The molecule has 3 aromatic rings. The highest BCUT2D eigenvalue weighted by molar-refractivity contribution is 7.99. The van der Waals surface area contributed by atoms with E-state index < -0.39 is 22.3 Å². The lowest BCUT2D eigenvalue weighted by Gasteiger charge is -2.28. The second-order valence-corrected chi connectivity index (χ2v) is 14.8. The number of alkyl carbamates (subject to hydrolysis) is 1. The molecule has 2 atom stereocenters. The molecule has 3 aromatic carbocycles. The van der Waals surface area contributed by atoms with Crippen molar-refractivity contribution in [2.24, 2.45) is 5.41 Å². The third-order valence-electron chi connectivity index (χ3n) is 6.81. The van der Waals surface area contributed by atoms with Crippen LogP contribution in [0.25, 0.3) is 0 Å². The van der Waals surface area contributed by atoms with Crippen LogP contribution in [0.3, 0.4) is 0 Å². The van der Waals surface area contributed by atoms with Gasteiger partial charge in [0.1, 0.15) is 18.1 Å². The van der Waals surface area contributed by atoms with E-state index in [0.29, 0.717) is 12.2 Å². The van der Waals surface area contributed by atoms with Gasteiger partial charge >= 0.3 is 6.09 Å². The number of carbonyl (C=O) groups is 1. The molecule has 0 radical (unpaired) electrons. The van der Waals surface area contributed by atoms with Gasteiger partial charge in [-0.1, -0.05) is 75.4 Å². The Morgan fingerprint density at radius 3 is 1.98 bits per heavy atom. The summed E-state index contributed by atoms with van der Waals surface area (Å²) < 4.78 is 47.2. The summed E-state index contributed by atoms with van der Waals surface area (Å²) in [5, 5.41) is 2.88. The summed E-state index contributed by atoms with van der Waals surface area (Å²) in [6.45, 7) is 5.95. The normalized spacial score (nSPS) is 13.1.